The second-order valence-corrected chi connectivity index (χ2v) is 6.18. The minimum Gasteiger partial charge on any atom is -0.459 e. The van der Waals surface area contributed by atoms with Crippen LogP contribution in [0, 0.1) is 0 Å². The lowest BCUT2D eigenvalue weighted by molar-refractivity contribution is -0.146. The van der Waals surface area contributed by atoms with E-state index in [-0.39, 0.29) is 13.2 Å². The van der Waals surface area contributed by atoms with Crippen molar-refractivity contribution in [2.24, 2.45) is 0 Å². The zero-order valence-corrected chi connectivity index (χ0v) is 14.0. The highest BCUT2D eigenvalue weighted by atomic mass is 35.5. The fraction of sp³-hybridized carbons (Fsp3) is 0.143. The van der Waals surface area contributed by atoms with Gasteiger partial charge in [0.1, 0.15) is 6.61 Å². The number of aromatic nitrogens is 4. The first kappa shape index (κ1) is 15.9. The van der Waals surface area contributed by atoms with E-state index in [1.165, 1.54) is 16.1 Å². The van der Waals surface area contributed by atoms with Crippen LogP contribution in [0.5, 0.6) is 0 Å². The summed E-state index contributed by atoms with van der Waals surface area (Å²) in [4.78, 5) is 13.0. The maximum Gasteiger partial charge on any atom is 0.330 e. The van der Waals surface area contributed by atoms with E-state index in [4.69, 9.17) is 27.9 Å². The maximum absolute atomic E-state index is 11.8. The fourth-order valence-corrected chi connectivity index (χ4v) is 2.87. The highest BCUT2D eigenvalue weighted by molar-refractivity contribution is 7.08. The number of benzene rings is 1. The van der Waals surface area contributed by atoms with Crippen LogP contribution >= 0.6 is 34.5 Å². The highest BCUT2D eigenvalue weighted by Crippen LogP contribution is 2.21. The first-order valence-corrected chi connectivity index (χ1v) is 8.21. The Balaban J connectivity index is 1.57. The Morgan fingerprint density at radius 2 is 2.17 bits per heavy atom. The second-order valence-electron chi connectivity index (χ2n) is 4.55. The van der Waals surface area contributed by atoms with Gasteiger partial charge in [0, 0.05) is 26.6 Å². The van der Waals surface area contributed by atoms with Crippen molar-refractivity contribution in [2.75, 3.05) is 0 Å². The van der Waals surface area contributed by atoms with Crippen LogP contribution in [0.15, 0.2) is 35.0 Å². The minimum absolute atomic E-state index is 0.0565. The first-order chi connectivity index (χ1) is 11.1. The average molecular weight is 369 g/mol. The predicted molar refractivity (Wildman–Crippen MR) is 87.4 cm³/mol. The van der Waals surface area contributed by atoms with Gasteiger partial charge in [-0.3, -0.25) is 0 Å². The lowest BCUT2D eigenvalue weighted by atomic mass is 10.2. The summed E-state index contributed by atoms with van der Waals surface area (Å²) in [5.41, 5.74) is 1.54. The summed E-state index contributed by atoms with van der Waals surface area (Å²) >= 11 is 13.4. The monoisotopic (exact) mass is 368 g/mol. The molecule has 0 amide bonds. The van der Waals surface area contributed by atoms with E-state index in [0.717, 1.165) is 5.56 Å². The molecule has 0 saturated heterocycles. The van der Waals surface area contributed by atoms with E-state index < -0.39 is 5.97 Å². The molecule has 0 aliphatic carbocycles. The molecule has 0 saturated carbocycles. The molecule has 0 N–H and O–H groups in total. The number of ether oxygens (including phenoxy) is 1. The number of hydrogen-bond donors (Lipinski definition) is 0. The van der Waals surface area contributed by atoms with Gasteiger partial charge in [-0.05, 0) is 28.8 Å². The number of nitrogens with zero attached hydrogens (tertiary/aromatic N) is 4. The lowest BCUT2D eigenvalue weighted by Gasteiger charge is -2.06. The Kier molecular flexibility index (Phi) is 4.90. The number of esters is 1. The van der Waals surface area contributed by atoms with Crippen molar-refractivity contribution in [1.82, 2.24) is 20.2 Å². The van der Waals surface area contributed by atoms with Crippen LogP contribution in [0.25, 0.3) is 11.4 Å². The van der Waals surface area contributed by atoms with Crippen LogP contribution < -0.4 is 0 Å². The number of hydrogen-bond acceptors (Lipinski definition) is 6. The minimum atomic E-state index is -0.481. The SMILES string of the molecule is O=C(Cn1nnc(-c2ccsc2)n1)OCc1ccc(Cl)cc1Cl. The average Bonchev–Trinajstić information content (AvgIpc) is 3.17. The first-order valence-electron chi connectivity index (χ1n) is 6.52. The van der Waals surface area contributed by atoms with E-state index in [0.29, 0.717) is 21.4 Å². The molecule has 0 bridgehead atoms. The van der Waals surface area contributed by atoms with Gasteiger partial charge in [-0.15, -0.1) is 10.2 Å². The third-order valence-corrected chi connectivity index (χ3v) is 4.18. The Bertz CT molecular complexity index is 820. The summed E-state index contributed by atoms with van der Waals surface area (Å²) in [6.45, 7) is -0.0662. The molecular formula is C14H10Cl2N4O2S. The molecule has 9 heteroatoms. The fourth-order valence-electron chi connectivity index (χ4n) is 1.78. The van der Waals surface area contributed by atoms with Crippen molar-refractivity contribution >= 4 is 40.5 Å². The molecule has 2 aromatic heterocycles. The van der Waals surface area contributed by atoms with Gasteiger partial charge in [0.2, 0.25) is 5.82 Å². The molecular weight excluding hydrogens is 359 g/mol. The number of thiophene rings is 1. The summed E-state index contributed by atoms with van der Waals surface area (Å²) in [6, 6.07) is 6.87. The molecule has 3 rings (SSSR count). The van der Waals surface area contributed by atoms with Crippen molar-refractivity contribution in [3.8, 4) is 11.4 Å². The third-order valence-electron chi connectivity index (χ3n) is 2.91. The molecule has 2 heterocycles. The number of tetrazole rings is 1. The smallest absolute Gasteiger partial charge is 0.330 e. The van der Waals surface area contributed by atoms with Gasteiger partial charge in [0.25, 0.3) is 0 Å². The molecule has 3 aromatic rings. The van der Waals surface area contributed by atoms with E-state index in [9.17, 15) is 4.79 Å². The van der Waals surface area contributed by atoms with Crippen molar-refractivity contribution in [3.63, 3.8) is 0 Å². The standard InChI is InChI=1S/C14H10Cl2N4O2S/c15-11-2-1-9(12(16)5-11)7-22-13(21)6-20-18-14(17-19-20)10-3-4-23-8-10/h1-5,8H,6-7H2. The van der Waals surface area contributed by atoms with Gasteiger partial charge in [-0.1, -0.05) is 29.3 Å². The molecule has 0 radical (unpaired) electrons. The number of halogens is 2. The van der Waals surface area contributed by atoms with E-state index in [2.05, 4.69) is 15.4 Å². The molecule has 0 fully saturated rings. The summed E-state index contributed by atoms with van der Waals surface area (Å²) in [7, 11) is 0. The normalized spacial score (nSPS) is 10.7. The molecule has 0 aliphatic heterocycles. The molecule has 0 aliphatic rings. The summed E-state index contributed by atoms with van der Waals surface area (Å²) in [5.74, 6) is -0.00918. The van der Waals surface area contributed by atoms with Crippen molar-refractivity contribution in [3.05, 3.63) is 50.6 Å². The largest absolute Gasteiger partial charge is 0.459 e. The Morgan fingerprint density at radius 3 is 2.91 bits per heavy atom. The zero-order chi connectivity index (χ0) is 16.2. The number of carbonyl (C=O) groups is 1. The zero-order valence-electron chi connectivity index (χ0n) is 11.6. The maximum atomic E-state index is 11.8. The van der Waals surface area contributed by atoms with Gasteiger partial charge in [-0.2, -0.15) is 16.1 Å². The molecule has 6 nitrogen and oxygen atoms in total. The van der Waals surface area contributed by atoms with Gasteiger partial charge in [0.05, 0.1) is 0 Å². The van der Waals surface area contributed by atoms with E-state index >= 15 is 0 Å². The molecule has 0 unspecified atom stereocenters. The Labute approximate surface area is 145 Å². The van der Waals surface area contributed by atoms with Crippen LogP contribution in [-0.2, 0) is 22.7 Å². The summed E-state index contributed by atoms with van der Waals surface area (Å²) < 4.78 is 5.16. The van der Waals surface area contributed by atoms with Crippen LogP contribution in [0.3, 0.4) is 0 Å². The quantitative estimate of drug-likeness (QED) is 0.645. The second kappa shape index (κ2) is 7.08. The van der Waals surface area contributed by atoms with Crippen LogP contribution in [0.1, 0.15) is 5.56 Å². The summed E-state index contributed by atoms with van der Waals surface area (Å²) in [5, 5.41) is 16.7. The van der Waals surface area contributed by atoms with Gasteiger partial charge < -0.3 is 4.74 Å². The van der Waals surface area contributed by atoms with Gasteiger partial charge in [-0.25, -0.2) is 4.79 Å². The topological polar surface area (TPSA) is 69.9 Å². The third kappa shape index (κ3) is 4.07. The molecule has 23 heavy (non-hydrogen) atoms. The Hall–Kier alpha value is -1.96. The van der Waals surface area contributed by atoms with Crippen LogP contribution in [0.2, 0.25) is 10.0 Å². The van der Waals surface area contributed by atoms with E-state index in [1.807, 2.05) is 16.8 Å². The van der Waals surface area contributed by atoms with Gasteiger partial charge in [0.15, 0.2) is 6.54 Å². The molecule has 0 atom stereocenters. The lowest BCUT2D eigenvalue weighted by Crippen LogP contribution is -2.15. The Morgan fingerprint density at radius 1 is 1.30 bits per heavy atom. The van der Waals surface area contributed by atoms with Gasteiger partial charge >= 0.3 is 5.97 Å². The van der Waals surface area contributed by atoms with Crippen LogP contribution in [-0.4, -0.2) is 26.2 Å². The number of rotatable bonds is 5. The molecule has 1 aromatic carbocycles. The predicted octanol–water partition coefficient (Wildman–Crippen LogP) is 3.45. The van der Waals surface area contributed by atoms with Crippen molar-refractivity contribution in [1.29, 1.82) is 0 Å². The molecule has 0 spiro atoms. The van der Waals surface area contributed by atoms with Crippen LogP contribution in [0.4, 0.5) is 0 Å². The number of carbonyl (C=O) groups excluding carboxylic acids is 1. The summed E-state index contributed by atoms with van der Waals surface area (Å²) in [6.07, 6.45) is 0. The molecule has 118 valence electrons. The van der Waals surface area contributed by atoms with Crippen molar-refractivity contribution in [2.45, 2.75) is 13.2 Å². The van der Waals surface area contributed by atoms with Crippen molar-refractivity contribution < 1.29 is 9.53 Å². The highest BCUT2D eigenvalue weighted by Gasteiger charge is 2.11. The van der Waals surface area contributed by atoms with E-state index in [1.54, 1.807) is 18.2 Å².